The van der Waals surface area contributed by atoms with Gasteiger partial charge >= 0.3 is 17.9 Å². The third-order valence-corrected chi connectivity index (χ3v) is 11.2. The number of nitrogens with zero attached hydrogens (tertiary/aromatic N) is 1. The first-order chi connectivity index (χ1) is 26.2. The highest BCUT2D eigenvalue weighted by atomic mass is 79.9. The van der Waals surface area contributed by atoms with Crippen LogP contribution in [0.15, 0.2) is 12.2 Å². The zero-order valence-electron chi connectivity index (χ0n) is 35.0. The topological polar surface area (TPSA) is 189 Å². The van der Waals surface area contributed by atoms with Gasteiger partial charge in [-0.1, -0.05) is 48.9 Å². The van der Waals surface area contributed by atoms with E-state index in [1.165, 1.54) is 14.0 Å². The molecule has 3 aliphatic heterocycles. The molecule has 0 bridgehead atoms. The molecule has 3 heterocycles. The van der Waals surface area contributed by atoms with Crippen LogP contribution >= 0.6 is 15.9 Å². The van der Waals surface area contributed by atoms with E-state index >= 15 is 0 Å². The second-order valence-corrected chi connectivity index (χ2v) is 17.4. The maximum absolute atomic E-state index is 13.2. The van der Waals surface area contributed by atoms with Gasteiger partial charge in [0, 0.05) is 38.6 Å². The van der Waals surface area contributed by atoms with E-state index in [1.807, 2.05) is 20.8 Å². The van der Waals surface area contributed by atoms with Crippen molar-refractivity contribution >= 4 is 33.8 Å². The summed E-state index contributed by atoms with van der Waals surface area (Å²) in [5.41, 5.74) is -1.47. The Bertz CT molecular complexity index is 1280. The summed E-state index contributed by atoms with van der Waals surface area (Å²) in [4.78, 5) is 39.9. The van der Waals surface area contributed by atoms with Crippen LogP contribution in [-0.2, 0) is 52.3 Å². The molecular formula is C40H68BrNO14. The van der Waals surface area contributed by atoms with Crippen molar-refractivity contribution in [3.8, 4) is 0 Å². The number of aliphatic hydroxyl groups excluding tert-OH is 2. The molecule has 3 N–H and O–H groups in total. The minimum Gasteiger partial charge on any atom is -0.462 e. The third-order valence-electron chi connectivity index (χ3n) is 10.8. The van der Waals surface area contributed by atoms with E-state index in [9.17, 15) is 29.7 Å². The predicted octanol–water partition coefficient (Wildman–Crippen LogP) is 3.65. The summed E-state index contributed by atoms with van der Waals surface area (Å²) in [6, 6.07) is -0.713. The van der Waals surface area contributed by atoms with Crippen molar-refractivity contribution in [3.63, 3.8) is 0 Å². The first kappa shape index (κ1) is 48.6. The molecule has 0 aromatic carbocycles. The number of carbonyl (C=O) groups excluding carboxylic acids is 3. The van der Waals surface area contributed by atoms with Crippen molar-refractivity contribution in [2.45, 2.75) is 179 Å². The highest BCUT2D eigenvalue weighted by molar-refractivity contribution is 9.09. The van der Waals surface area contributed by atoms with E-state index in [0.29, 0.717) is 24.6 Å². The van der Waals surface area contributed by atoms with E-state index in [-0.39, 0.29) is 37.0 Å². The van der Waals surface area contributed by atoms with E-state index in [4.69, 9.17) is 37.9 Å². The SMILES string of the molecule is CO[C@@H]1C(O[C@@H]2O[C@H](C)[C@@H](O[C@H]3C[C@@](C)(O)[C@@H](OC(=O)CC(C)C)[C@H](C)O3)[C@H](N(C)C)[C@H]2O)[C@@H](CCBr)C[C@@H](C)[C@@H](O)/C=C/C[C@@H](C)OC(=O)C[C@H]1OC(C)=O. The zero-order chi connectivity index (χ0) is 42.1. The average Bonchev–Trinajstić information content (AvgIpc) is 3.06. The van der Waals surface area contributed by atoms with Crippen LogP contribution in [0.5, 0.6) is 0 Å². The van der Waals surface area contributed by atoms with Crippen molar-refractivity contribution in [3.05, 3.63) is 12.2 Å². The molecule has 3 rings (SSSR count). The molecule has 2 fully saturated rings. The lowest BCUT2D eigenvalue weighted by molar-refractivity contribution is -0.344. The minimum absolute atomic E-state index is 0.0137. The van der Waals surface area contributed by atoms with E-state index in [2.05, 4.69) is 15.9 Å². The minimum atomic E-state index is -1.47. The molecular weight excluding hydrogens is 798 g/mol. The summed E-state index contributed by atoms with van der Waals surface area (Å²) in [6.45, 7) is 13.8. The number of hydrogen-bond donors (Lipinski definition) is 3. The largest absolute Gasteiger partial charge is 0.462 e. The normalized spacial score (nSPS) is 41.1. The van der Waals surface area contributed by atoms with Crippen molar-refractivity contribution in [2.75, 3.05) is 26.5 Å². The van der Waals surface area contributed by atoms with Gasteiger partial charge in [0.25, 0.3) is 0 Å². The maximum Gasteiger partial charge on any atom is 0.309 e. The van der Waals surface area contributed by atoms with Crippen molar-refractivity contribution < 1.29 is 67.6 Å². The summed E-state index contributed by atoms with van der Waals surface area (Å²) in [5, 5.41) is 35.2. The number of carbonyl (C=O) groups is 3. The first-order valence-corrected chi connectivity index (χ1v) is 21.0. The number of cyclic esters (lactones) is 1. The summed E-state index contributed by atoms with van der Waals surface area (Å²) in [6.07, 6.45) is -6.21. The van der Waals surface area contributed by atoms with Crippen LogP contribution in [0.25, 0.3) is 0 Å². The molecule has 324 valence electrons. The molecule has 0 spiro atoms. The zero-order valence-corrected chi connectivity index (χ0v) is 36.6. The van der Waals surface area contributed by atoms with Crippen LogP contribution in [0.2, 0.25) is 0 Å². The quantitative estimate of drug-likeness (QED) is 0.112. The Labute approximate surface area is 341 Å². The fraction of sp³-hybridized carbons (Fsp3) is 0.875. The molecule has 2 saturated heterocycles. The fourth-order valence-corrected chi connectivity index (χ4v) is 8.62. The van der Waals surface area contributed by atoms with Crippen LogP contribution in [0.4, 0.5) is 0 Å². The van der Waals surface area contributed by atoms with Gasteiger partial charge in [-0.25, -0.2) is 0 Å². The van der Waals surface area contributed by atoms with Crippen LogP contribution in [0.1, 0.15) is 93.9 Å². The molecule has 0 aromatic rings. The van der Waals surface area contributed by atoms with Gasteiger partial charge in [0.2, 0.25) is 0 Å². The number of likely N-dealkylation sites (N-methyl/N-ethyl adjacent to an activating group) is 1. The average molecular weight is 867 g/mol. The third kappa shape index (κ3) is 13.7. The molecule has 1 unspecified atom stereocenters. The molecule has 3 aliphatic rings. The Morgan fingerprint density at radius 1 is 1.04 bits per heavy atom. The van der Waals surface area contributed by atoms with Gasteiger partial charge in [0.15, 0.2) is 18.7 Å². The first-order valence-electron chi connectivity index (χ1n) is 19.9. The fourth-order valence-electron chi connectivity index (χ4n) is 8.03. The Kier molecular flexibility index (Phi) is 19.1. The highest BCUT2D eigenvalue weighted by Crippen LogP contribution is 2.38. The Morgan fingerprint density at radius 2 is 1.71 bits per heavy atom. The number of rotatable bonds is 12. The Morgan fingerprint density at radius 3 is 2.29 bits per heavy atom. The summed E-state index contributed by atoms with van der Waals surface area (Å²) >= 11 is 3.57. The monoisotopic (exact) mass is 865 g/mol. The molecule has 0 radical (unpaired) electrons. The van der Waals surface area contributed by atoms with Crippen LogP contribution in [-0.4, -0.2) is 150 Å². The Hall–Kier alpha value is -1.73. The number of ether oxygens (including phenoxy) is 8. The molecule has 16 atom stereocenters. The highest BCUT2D eigenvalue weighted by Gasteiger charge is 2.53. The summed E-state index contributed by atoms with van der Waals surface area (Å²) in [7, 11) is 5.01. The molecule has 0 saturated carbocycles. The smallest absolute Gasteiger partial charge is 0.309 e. The lowest BCUT2D eigenvalue weighted by Gasteiger charge is -2.50. The summed E-state index contributed by atoms with van der Waals surface area (Å²) < 4.78 is 48.9. The number of aliphatic hydroxyl groups is 3. The molecule has 56 heavy (non-hydrogen) atoms. The predicted molar refractivity (Wildman–Crippen MR) is 208 cm³/mol. The standard InChI is InChI=1S/C40H68BrNO14/c1-21(2)17-30(45)54-38-25(6)51-32(20-40(38,8)48)55-35-24(5)52-39(34(47)33(35)42(9)10)56-36-27(15-16-41)18-22(3)28(44)14-12-13-23(4)50-31(46)19-29(37(36)49-11)53-26(7)43/h12,14,21-25,27-29,32-39,44,47-48H,13,15-20H2,1-11H3/b14-12+/t22-,23-,24-,25+,27+,28+,29-,32+,33-,34-,35-,36?,37+,38+,39+,40-/m1/s1. The van der Waals surface area contributed by atoms with Gasteiger partial charge in [0.05, 0.1) is 36.9 Å². The molecule has 16 heteroatoms. The van der Waals surface area contributed by atoms with Gasteiger partial charge in [0.1, 0.15) is 36.1 Å². The number of esters is 3. The van der Waals surface area contributed by atoms with Crippen LogP contribution in [0, 0.1) is 17.8 Å². The number of hydrogen-bond acceptors (Lipinski definition) is 15. The van der Waals surface area contributed by atoms with Gasteiger partial charge in [-0.2, -0.15) is 0 Å². The van der Waals surface area contributed by atoms with Crippen molar-refractivity contribution in [1.82, 2.24) is 4.90 Å². The second-order valence-electron chi connectivity index (χ2n) is 16.7. The van der Waals surface area contributed by atoms with Crippen molar-refractivity contribution in [2.24, 2.45) is 17.8 Å². The maximum atomic E-state index is 13.2. The number of methoxy groups -OCH3 is 1. The Balaban J connectivity index is 1.95. The second kappa shape index (κ2) is 22.0. The molecule has 15 nitrogen and oxygen atoms in total. The molecule has 0 aliphatic carbocycles. The van der Waals surface area contributed by atoms with Gasteiger partial charge in [-0.05, 0) is 72.4 Å². The van der Waals surface area contributed by atoms with E-state index in [1.54, 1.807) is 58.8 Å². The van der Waals surface area contributed by atoms with Gasteiger partial charge in [-0.15, -0.1) is 0 Å². The lowest BCUT2D eigenvalue weighted by atomic mass is 9.82. The van der Waals surface area contributed by atoms with Gasteiger partial charge in [-0.3, -0.25) is 14.4 Å². The summed E-state index contributed by atoms with van der Waals surface area (Å²) in [5.74, 6) is -2.17. The van der Waals surface area contributed by atoms with E-state index in [0.717, 1.165) is 0 Å². The number of halogens is 1. The molecule has 0 amide bonds. The number of alkyl halides is 1. The lowest BCUT2D eigenvalue weighted by Crippen LogP contribution is -2.66. The van der Waals surface area contributed by atoms with Crippen LogP contribution < -0.4 is 0 Å². The molecule has 0 aromatic heterocycles. The van der Waals surface area contributed by atoms with Gasteiger partial charge < -0.3 is 58.1 Å². The van der Waals surface area contributed by atoms with Crippen molar-refractivity contribution in [1.29, 1.82) is 0 Å². The van der Waals surface area contributed by atoms with E-state index < -0.39 is 103 Å². The van der Waals surface area contributed by atoms with Crippen LogP contribution in [0.3, 0.4) is 0 Å².